The van der Waals surface area contributed by atoms with Crippen molar-refractivity contribution in [1.82, 2.24) is 4.57 Å². The van der Waals surface area contributed by atoms with E-state index in [9.17, 15) is 4.79 Å². The maximum atomic E-state index is 11.8. The number of nitrogens with two attached hydrogens (primary N) is 1. The summed E-state index contributed by atoms with van der Waals surface area (Å²) in [5.41, 5.74) is 10.1. The SMILES string of the molecule is COc1ccc(CCn2c(-c3ccc(Cl)cc3)cc(C(N)=O)c2C)cc1. The predicted octanol–water partition coefficient (Wildman–Crippen LogP) is 4.47. The molecule has 2 aromatic carbocycles. The van der Waals surface area contributed by atoms with Gasteiger partial charge in [-0.05, 0) is 54.8 Å². The first-order valence-electron chi connectivity index (χ1n) is 8.38. The zero-order valence-electron chi connectivity index (χ0n) is 14.8. The normalized spacial score (nSPS) is 10.7. The van der Waals surface area contributed by atoms with Crippen molar-refractivity contribution < 1.29 is 9.53 Å². The van der Waals surface area contributed by atoms with E-state index in [1.54, 1.807) is 7.11 Å². The molecule has 0 fully saturated rings. The van der Waals surface area contributed by atoms with Crippen molar-refractivity contribution in [1.29, 1.82) is 0 Å². The zero-order chi connectivity index (χ0) is 18.7. The molecule has 0 bridgehead atoms. The van der Waals surface area contributed by atoms with Gasteiger partial charge < -0.3 is 15.0 Å². The van der Waals surface area contributed by atoms with E-state index in [4.69, 9.17) is 22.1 Å². The van der Waals surface area contributed by atoms with Gasteiger partial charge in [-0.25, -0.2) is 0 Å². The van der Waals surface area contributed by atoms with Crippen molar-refractivity contribution in [2.24, 2.45) is 5.73 Å². The average molecular weight is 369 g/mol. The molecule has 0 atom stereocenters. The molecule has 26 heavy (non-hydrogen) atoms. The van der Waals surface area contributed by atoms with Crippen molar-refractivity contribution in [3.05, 3.63) is 76.4 Å². The minimum Gasteiger partial charge on any atom is -0.497 e. The molecule has 0 radical (unpaired) electrons. The fraction of sp³-hybridized carbons (Fsp3) is 0.190. The first kappa shape index (κ1) is 18.1. The van der Waals surface area contributed by atoms with Crippen LogP contribution in [-0.4, -0.2) is 17.6 Å². The van der Waals surface area contributed by atoms with Gasteiger partial charge in [-0.1, -0.05) is 35.9 Å². The van der Waals surface area contributed by atoms with E-state index >= 15 is 0 Å². The lowest BCUT2D eigenvalue weighted by molar-refractivity contribution is 0.0999. The van der Waals surface area contributed by atoms with Gasteiger partial charge in [0.1, 0.15) is 5.75 Å². The highest BCUT2D eigenvalue weighted by atomic mass is 35.5. The van der Waals surface area contributed by atoms with E-state index in [2.05, 4.69) is 16.7 Å². The molecule has 2 N–H and O–H groups in total. The van der Waals surface area contributed by atoms with Gasteiger partial charge in [0.15, 0.2) is 0 Å². The zero-order valence-corrected chi connectivity index (χ0v) is 15.6. The second-order valence-corrected chi connectivity index (χ2v) is 6.59. The number of ether oxygens (including phenoxy) is 1. The van der Waals surface area contributed by atoms with Crippen LogP contribution in [0, 0.1) is 6.92 Å². The smallest absolute Gasteiger partial charge is 0.250 e. The number of primary amides is 1. The van der Waals surface area contributed by atoms with Crippen LogP contribution in [0.15, 0.2) is 54.6 Å². The third kappa shape index (κ3) is 3.75. The summed E-state index contributed by atoms with van der Waals surface area (Å²) in [6.07, 6.45) is 0.832. The Morgan fingerprint density at radius 1 is 1.12 bits per heavy atom. The molecule has 0 saturated carbocycles. The third-order valence-electron chi connectivity index (χ3n) is 4.56. The molecule has 1 amide bonds. The number of rotatable bonds is 6. The fourth-order valence-electron chi connectivity index (χ4n) is 3.08. The Balaban J connectivity index is 1.93. The third-order valence-corrected chi connectivity index (χ3v) is 4.81. The second-order valence-electron chi connectivity index (χ2n) is 6.15. The molecule has 0 unspecified atom stereocenters. The Bertz CT molecular complexity index is 912. The van der Waals surface area contributed by atoms with E-state index in [-0.39, 0.29) is 0 Å². The highest BCUT2D eigenvalue weighted by molar-refractivity contribution is 6.30. The number of carbonyl (C=O) groups excluding carboxylic acids is 1. The van der Waals surface area contributed by atoms with Gasteiger partial charge in [-0.2, -0.15) is 0 Å². The van der Waals surface area contributed by atoms with Crippen molar-refractivity contribution in [2.45, 2.75) is 19.9 Å². The highest BCUT2D eigenvalue weighted by Gasteiger charge is 2.16. The van der Waals surface area contributed by atoms with E-state index in [0.717, 1.165) is 35.7 Å². The summed E-state index contributed by atoms with van der Waals surface area (Å²) in [6, 6.07) is 17.4. The lowest BCUT2D eigenvalue weighted by Gasteiger charge is -2.13. The van der Waals surface area contributed by atoms with Gasteiger partial charge in [0.25, 0.3) is 5.91 Å². The minimum atomic E-state index is -0.416. The molecule has 5 heteroatoms. The Labute approximate surface area is 158 Å². The first-order chi connectivity index (χ1) is 12.5. The van der Waals surface area contributed by atoms with Gasteiger partial charge in [0, 0.05) is 23.0 Å². The molecule has 0 aliphatic rings. The van der Waals surface area contributed by atoms with Crippen molar-refractivity contribution >= 4 is 17.5 Å². The molecule has 3 rings (SSSR count). The van der Waals surface area contributed by atoms with Gasteiger partial charge in [-0.3, -0.25) is 4.79 Å². The van der Waals surface area contributed by atoms with Crippen LogP contribution in [0.5, 0.6) is 5.75 Å². The quantitative estimate of drug-likeness (QED) is 0.698. The van der Waals surface area contributed by atoms with Crippen molar-refractivity contribution in [3.8, 4) is 17.0 Å². The Hall–Kier alpha value is -2.72. The number of nitrogens with zero attached hydrogens (tertiary/aromatic N) is 1. The molecular formula is C21H21ClN2O2. The van der Waals surface area contributed by atoms with Crippen molar-refractivity contribution in [2.75, 3.05) is 7.11 Å². The highest BCUT2D eigenvalue weighted by Crippen LogP contribution is 2.27. The molecule has 1 heterocycles. The Kier molecular flexibility index (Phi) is 5.33. The summed E-state index contributed by atoms with van der Waals surface area (Å²) >= 11 is 6.00. The van der Waals surface area contributed by atoms with Gasteiger partial charge in [-0.15, -0.1) is 0 Å². The van der Waals surface area contributed by atoms with E-state index in [1.165, 1.54) is 5.56 Å². The number of methoxy groups -OCH3 is 1. The first-order valence-corrected chi connectivity index (χ1v) is 8.76. The number of carbonyl (C=O) groups is 1. The predicted molar refractivity (Wildman–Crippen MR) is 105 cm³/mol. The number of aryl methyl sites for hydroxylation is 1. The summed E-state index contributed by atoms with van der Waals surface area (Å²) in [7, 11) is 1.65. The largest absolute Gasteiger partial charge is 0.497 e. The minimum absolute atomic E-state index is 0.416. The summed E-state index contributed by atoms with van der Waals surface area (Å²) in [6.45, 7) is 2.66. The van der Waals surface area contributed by atoms with Crippen molar-refractivity contribution in [3.63, 3.8) is 0 Å². The number of halogens is 1. The molecule has 0 aliphatic carbocycles. The van der Waals surface area contributed by atoms with Crippen LogP contribution in [0.2, 0.25) is 5.02 Å². The lowest BCUT2D eigenvalue weighted by atomic mass is 10.1. The number of amides is 1. The maximum absolute atomic E-state index is 11.8. The van der Waals surface area contributed by atoms with E-state index in [1.807, 2.05) is 49.4 Å². The molecule has 134 valence electrons. The number of aromatic nitrogens is 1. The number of benzene rings is 2. The van der Waals surface area contributed by atoms with Crippen LogP contribution in [0.4, 0.5) is 0 Å². The standard InChI is InChI=1S/C21H21ClN2O2/c1-14-19(21(23)25)13-20(16-5-7-17(22)8-6-16)24(14)12-11-15-3-9-18(26-2)10-4-15/h3-10,13H,11-12H2,1-2H3,(H2,23,25). The van der Waals surface area contributed by atoms with E-state index in [0.29, 0.717) is 10.6 Å². The summed E-state index contributed by atoms with van der Waals surface area (Å²) in [5, 5.41) is 0.678. The lowest BCUT2D eigenvalue weighted by Crippen LogP contribution is -2.13. The summed E-state index contributed by atoms with van der Waals surface area (Å²) < 4.78 is 7.33. The molecular weight excluding hydrogens is 348 g/mol. The summed E-state index contributed by atoms with van der Waals surface area (Å²) in [4.78, 5) is 11.8. The number of hydrogen-bond acceptors (Lipinski definition) is 2. The van der Waals surface area contributed by atoms with Crippen LogP contribution in [-0.2, 0) is 13.0 Å². The summed E-state index contributed by atoms with van der Waals surface area (Å²) in [5.74, 6) is 0.421. The van der Waals surface area contributed by atoms with Crippen LogP contribution in [0.25, 0.3) is 11.3 Å². The van der Waals surface area contributed by atoms with Crippen LogP contribution < -0.4 is 10.5 Å². The molecule has 3 aromatic rings. The van der Waals surface area contributed by atoms with Gasteiger partial charge >= 0.3 is 0 Å². The Morgan fingerprint density at radius 3 is 2.35 bits per heavy atom. The fourth-order valence-corrected chi connectivity index (χ4v) is 3.20. The molecule has 4 nitrogen and oxygen atoms in total. The number of hydrogen-bond donors (Lipinski definition) is 1. The Morgan fingerprint density at radius 2 is 1.77 bits per heavy atom. The monoisotopic (exact) mass is 368 g/mol. The topological polar surface area (TPSA) is 57.2 Å². The molecule has 0 spiro atoms. The molecule has 1 aromatic heterocycles. The molecule has 0 saturated heterocycles. The van der Waals surface area contributed by atoms with Gasteiger partial charge in [0.05, 0.1) is 12.7 Å². The van der Waals surface area contributed by atoms with Crippen LogP contribution in [0.3, 0.4) is 0 Å². The maximum Gasteiger partial charge on any atom is 0.250 e. The van der Waals surface area contributed by atoms with Crippen LogP contribution >= 0.6 is 11.6 Å². The van der Waals surface area contributed by atoms with Crippen LogP contribution in [0.1, 0.15) is 21.6 Å². The second kappa shape index (κ2) is 7.67. The average Bonchev–Trinajstić information content (AvgIpc) is 2.98. The van der Waals surface area contributed by atoms with Gasteiger partial charge in [0.2, 0.25) is 0 Å². The molecule has 0 aliphatic heterocycles. The van der Waals surface area contributed by atoms with E-state index < -0.39 is 5.91 Å².